The smallest absolute Gasteiger partial charge is 0.234 e. The highest BCUT2D eigenvalue weighted by molar-refractivity contribution is 8.14. The van der Waals surface area contributed by atoms with Crippen molar-refractivity contribution in [2.24, 2.45) is 4.99 Å². The lowest BCUT2D eigenvalue weighted by Crippen LogP contribution is -2.39. The highest BCUT2D eigenvalue weighted by atomic mass is 35.5. The van der Waals surface area contributed by atoms with Crippen LogP contribution in [0.15, 0.2) is 41.4 Å². The summed E-state index contributed by atoms with van der Waals surface area (Å²) in [6.45, 7) is 3.89. The number of carbonyl (C=O) groups is 1. The standard InChI is InChI=1S/C21H21Cl2N3O3S2/c1-12-4-3-5-13(2)20(12)25-19(27)9-30-21-24-17-10-31(28,29)11-18(17)26(21)16-7-14(22)6-15(23)8-16/h3-8,17-18H,9-11H2,1-2H3,(H,25,27)/t17-,18+/m0/s1. The minimum absolute atomic E-state index is 0.00112. The Hall–Kier alpha value is -1.74. The highest BCUT2D eigenvalue weighted by Crippen LogP contribution is 2.37. The van der Waals surface area contributed by atoms with Crippen molar-refractivity contribution in [2.45, 2.75) is 25.9 Å². The normalized spacial score (nSPS) is 21.7. The van der Waals surface area contributed by atoms with Crippen LogP contribution in [0, 0.1) is 13.8 Å². The lowest BCUT2D eigenvalue weighted by molar-refractivity contribution is -0.113. The summed E-state index contributed by atoms with van der Waals surface area (Å²) >= 11 is 13.6. The molecule has 10 heteroatoms. The maximum atomic E-state index is 12.6. The van der Waals surface area contributed by atoms with Gasteiger partial charge in [0.1, 0.15) is 0 Å². The van der Waals surface area contributed by atoms with Gasteiger partial charge >= 0.3 is 0 Å². The number of rotatable bonds is 4. The van der Waals surface area contributed by atoms with Gasteiger partial charge in [-0.3, -0.25) is 9.79 Å². The molecule has 0 bridgehead atoms. The molecule has 0 saturated carbocycles. The molecule has 1 saturated heterocycles. The predicted molar refractivity (Wildman–Crippen MR) is 130 cm³/mol. The number of amidine groups is 1. The number of para-hydroxylation sites is 1. The lowest BCUT2D eigenvalue weighted by atomic mass is 10.1. The van der Waals surface area contributed by atoms with Crippen molar-refractivity contribution < 1.29 is 13.2 Å². The van der Waals surface area contributed by atoms with Crippen molar-refractivity contribution in [2.75, 3.05) is 27.5 Å². The Bertz CT molecular complexity index is 1140. The molecular weight excluding hydrogens is 477 g/mol. The van der Waals surface area contributed by atoms with Crippen LogP contribution >= 0.6 is 35.0 Å². The highest BCUT2D eigenvalue weighted by Gasteiger charge is 2.47. The number of hydrogen-bond acceptors (Lipinski definition) is 6. The Morgan fingerprint density at radius 3 is 2.45 bits per heavy atom. The van der Waals surface area contributed by atoms with Crippen molar-refractivity contribution >= 4 is 67.3 Å². The van der Waals surface area contributed by atoms with Gasteiger partial charge in [-0.1, -0.05) is 53.2 Å². The molecule has 6 nitrogen and oxygen atoms in total. The molecule has 4 rings (SSSR count). The number of aryl methyl sites for hydroxylation is 2. The van der Waals surface area contributed by atoms with Crippen molar-refractivity contribution in [3.8, 4) is 0 Å². The van der Waals surface area contributed by atoms with Gasteiger partial charge in [0, 0.05) is 21.4 Å². The van der Waals surface area contributed by atoms with Crippen LogP contribution in [0.5, 0.6) is 0 Å². The molecule has 0 aliphatic carbocycles. The first-order valence-electron chi connectivity index (χ1n) is 9.65. The number of fused-ring (bicyclic) bond motifs is 1. The van der Waals surface area contributed by atoms with Crippen molar-refractivity contribution in [3.05, 3.63) is 57.6 Å². The van der Waals surface area contributed by atoms with Crippen LogP contribution in [0.3, 0.4) is 0 Å². The number of nitrogens with zero attached hydrogens (tertiary/aromatic N) is 2. The van der Waals surface area contributed by atoms with Gasteiger partial charge in [-0.2, -0.15) is 0 Å². The molecule has 2 aromatic carbocycles. The second-order valence-corrected chi connectivity index (χ2v) is 11.7. The van der Waals surface area contributed by atoms with Gasteiger partial charge in [0.05, 0.1) is 29.3 Å². The van der Waals surface area contributed by atoms with E-state index >= 15 is 0 Å². The third-order valence-corrected chi connectivity index (χ3v) is 8.41. The van der Waals surface area contributed by atoms with Crippen molar-refractivity contribution in [1.29, 1.82) is 0 Å². The zero-order chi connectivity index (χ0) is 22.3. The Kier molecular flexibility index (Phi) is 6.27. The topological polar surface area (TPSA) is 78.8 Å². The van der Waals surface area contributed by atoms with Crippen LogP contribution in [0.1, 0.15) is 11.1 Å². The van der Waals surface area contributed by atoms with E-state index in [0.29, 0.717) is 20.9 Å². The van der Waals surface area contributed by atoms with E-state index < -0.39 is 9.84 Å². The summed E-state index contributed by atoms with van der Waals surface area (Å²) in [5, 5.41) is 4.46. The average molecular weight is 498 g/mol. The van der Waals surface area contributed by atoms with Gasteiger partial charge in [-0.15, -0.1) is 0 Å². The first-order valence-corrected chi connectivity index (χ1v) is 13.2. The van der Waals surface area contributed by atoms with E-state index in [2.05, 4.69) is 10.3 Å². The maximum absolute atomic E-state index is 12.6. The van der Waals surface area contributed by atoms with Gasteiger partial charge in [-0.25, -0.2) is 8.42 Å². The Morgan fingerprint density at radius 2 is 1.81 bits per heavy atom. The third kappa shape index (κ3) is 4.87. The lowest BCUT2D eigenvalue weighted by Gasteiger charge is -2.26. The fourth-order valence-corrected chi connectivity index (χ4v) is 7.21. The van der Waals surface area contributed by atoms with E-state index in [1.54, 1.807) is 18.2 Å². The number of aliphatic imine (C=N–C) groups is 1. The number of carbonyl (C=O) groups excluding carboxylic acids is 1. The first-order chi connectivity index (χ1) is 14.6. The molecule has 0 unspecified atom stereocenters. The summed E-state index contributed by atoms with van der Waals surface area (Å²) in [7, 11) is -3.17. The summed E-state index contributed by atoms with van der Waals surface area (Å²) in [6, 6.07) is 10.2. The fourth-order valence-electron chi connectivity index (χ4n) is 3.93. The molecule has 2 aliphatic rings. The quantitative estimate of drug-likeness (QED) is 0.679. The molecule has 2 atom stereocenters. The number of benzene rings is 2. The third-order valence-electron chi connectivity index (χ3n) is 5.31. The second kappa shape index (κ2) is 8.65. The van der Waals surface area contributed by atoms with E-state index in [0.717, 1.165) is 16.8 Å². The van der Waals surface area contributed by atoms with Crippen LogP contribution < -0.4 is 10.2 Å². The summed E-state index contributed by atoms with van der Waals surface area (Å²) in [6.07, 6.45) is 0. The van der Waals surface area contributed by atoms with Gasteiger partial charge in [0.15, 0.2) is 15.0 Å². The maximum Gasteiger partial charge on any atom is 0.234 e. The molecule has 2 heterocycles. The van der Waals surface area contributed by atoms with E-state index in [-0.39, 0.29) is 35.2 Å². The van der Waals surface area contributed by atoms with Gasteiger partial charge in [0.2, 0.25) is 5.91 Å². The number of amides is 1. The predicted octanol–water partition coefficient (Wildman–Crippen LogP) is 4.32. The van der Waals surface area contributed by atoms with E-state index in [9.17, 15) is 13.2 Å². The molecule has 2 aliphatic heterocycles. The molecular formula is C21H21Cl2N3O3S2. The molecule has 1 N–H and O–H groups in total. The number of halogens is 2. The number of anilines is 2. The van der Waals surface area contributed by atoms with Crippen LogP contribution in [0.2, 0.25) is 10.0 Å². The number of hydrogen-bond donors (Lipinski definition) is 1. The molecule has 2 aromatic rings. The van der Waals surface area contributed by atoms with Crippen molar-refractivity contribution in [1.82, 2.24) is 0 Å². The molecule has 31 heavy (non-hydrogen) atoms. The summed E-state index contributed by atoms with van der Waals surface area (Å²) in [5.41, 5.74) is 3.46. The Morgan fingerprint density at radius 1 is 1.16 bits per heavy atom. The Labute approximate surface area is 195 Å². The molecule has 0 spiro atoms. The zero-order valence-corrected chi connectivity index (χ0v) is 20.1. The van der Waals surface area contributed by atoms with Gasteiger partial charge in [0.25, 0.3) is 0 Å². The van der Waals surface area contributed by atoms with E-state index in [1.807, 2.05) is 36.9 Å². The van der Waals surface area contributed by atoms with Crippen LogP contribution in [0.4, 0.5) is 11.4 Å². The van der Waals surface area contributed by atoms with Crippen LogP contribution in [-0.2, 0) is 14.6 Å². The zero-order valence-electron chi connectivity index (χ0n) is 16.9. The summed E-state index contributed by atoms with van der Waals surface area (Å²) in [4.78, 5) is 19.1. The molecule has 0 radical (unpaired) electrons. The molecule has 1 fully saturated rings. The fraction of sp³-hybridized carbons (Fsp3) is 0.333. The molecule has 0 aromatic heterocycles. The molecule has 164 valence electrons. The SMILES string of the molecule is Cc1cccc(C)c1NC(=O)CSC1=N[C@H]2CS(=O)(=O)C[C@H]2N1c1cc(Cl)cc(Cl)c1. The summed E-state index contributed by atoms with van der Waals surface area (Å²) < 4.78 is 24.4. The number of nitrogens with one attached hydrogen (secondary N) is 1. The van der Waals surface area contributed by atoms with Crippen molar-refractivity contribution in [3.63, 3.8) is 0 Å². The van der Waals surface area contributed by atoms with Gasteiger partial charge < -0.3 is 10.2 Å². The number of thioether (sulfide) groups is 1. The largest absolute Gasteiger partial charge is 0.325 e. The average Bonchev–Trinajstić information content (AvgIpc) is 3.13. The van der Waals surface area contributed by atoms with Crippen LogP contribution in [-0.4, -0.2) is 48.8 Å². The second-order valence-electron chi connectivity index (χ2n) is 7.72. The summed E-state index contributed by atoms with van der Waals surface area (Å²) in [5.74, 6) is -0.00633. The number of sulfone groups is 1. The minimum atomic E-state index is -3.17. The first kappa shape index (κ1) is 22.5. The van der Waals surface area contributed by atoms with Gasteiger partial charge in [-0.05, 0) is 43.2 Å². The van der Waals surface area contributed by atoms with Crippen LogP contribution in [0.25, 0.3) is 0 Å². The molecule has 1 amide bonds. The monoisotopic (exact) mass is 497 g/mol. The Balaban J connectivity index is 1.55. The minimum Gasteiger partial charge on any atom is -0.325 e. The van der Waals surface area contributed by atoms with E-state index in [4.69, 9.17) is 23.2 Å². The van der Waals surface area contributed by atoms with E-state index in [1.165, 1.54) is 11.8 Å².